The van der Waals surface area contributed by atoms with Gasteiger partial charge in [-0.2, -0.15) is 0 Å². The summed E-state index contributed by atoms with van der Waals surface area (Å²) in [7, 11) is 0. The Morgan fingerprint density at radius 1 is 1.36 bits per heavy atom. The molecule has 0 bridgehead atoms. The smallest absolute Gasteiger partial charge is 0.266 e. The maximum absolute atomic E-state index is 12.4. The molecule has 0 aliphatic carbocycles. The first-order chi connectivity index (χ1) is 10.5. The van der Waals surface area contributed by atoms with Crippen LogP contribution in [-0.2, 0) is 16.0 Å². The number of amides is 1. The highest BCUT2D eigenvalue weighted by atomic mass is 32.2. The third-order valence-electron chi connectivity index (χ3n) is 3.48. The Morgan fingerprint density at radius 3 is 2.50 bits per heavy atom. The van der Waals surface area contributed by atoms with Gasteiger partial charge in [0, 0.05) is 0 Å². The molecule has 1 heterocycles. The van der Waals surface area contributed by atoms with Crippen LogP contribution in [0.3, 0.4) is 0 Å². The summed E-state index contributed by atoms with van der Waals surface area (Å²) < 4.78 is 0.262. The second kappa shape index (κ2) is 7.07. The van der Waals surface area contributed by atoms with Gasteiger partial charge in [0.2, 0.25) is 0 Å². The molecule has 1 fully saturated rings. The highest BCUT2D eigenvalue weighted by Crippen LogP contribution is 2.34. The summed E-state index contributed by atoms with van der Waals surface area (Å²) in [4.78, 5) is 25.1. The van der Waals surface area contributed by atoms with Gasteiger partial charge in [0.05, 0.1) is 16.9 Å². The molecule has 116 valence electrons. The number of carboxylic acid groups (broad SMARTS) is 1. The van der Waals surface area contributed by atoms with Crippen LogP contribution in [0.5, 0.6) is 0 Å². The van der Waals surface area contributed by atoms with Gasteiger partial charge in [-0.05, 0) is 30.0 Å². The molecule has 0 spiro atoms. The number of rotatable bonds is 5. The summed E-state index contributed by atoms with van der Waals surface area (Å²) >= 11 is 6.27. The van der Waals surface area contributed by atoms with E-state index in [2.05, 4.69) is 6.92 Å². The number of aliphatic carboxylic acids is 1. The van der Waals surface area contributed by atoms with E-state index in [-0.39, 0.29) is 16.6 Å². The molecule has 0 radical (unpaired) electrons. The van der Waals surface area contributed by atoms with Crippen molar-refractivity contribution < 1.29 is 14.7 Å². The predicted octanol–water partition coefficient (Wildman–Crippen LogP) is 1.98. The second-order valence-corrected chi connectivity index (χ2v) is 6.57. The predicted molar refractivity (Wildman–Crippen MR) is 89.9 cm³/mol. The number of hydrogen-bond donors (Lipinski definition) is 0. The van der Waals surface area contributed by atoms with E-state index in [1.54, 1.807) is 13.0 Å². The summed E-state index contributed by atoms with van der Waals surface area (Å²) in [5.41, 5.74) is 2.10. The van der Waals surface area contributed by atoms with Crippen molar-refractivity contribution in [3.63, 3.8) is 0 Å². The molecule has 1 aromatic carbocycles. The van der Waals surface area contributed by atoms with Gasteiger partial charge in [-0.25, -0.2) is 0 Å². The van der Waals surface area contributed by atoms with Crippen LogP contribution < -0.4 is 5.11 Å². The molecule has 1 aromatic rings. The zero-order valence-corrected chi connectivity index (χ0v) is 14.0. The van der Waals surface area contributed by atoms with Gasteiger partial charge in [-0.15, -0.1) is 0 Å². The highest BCUT2D eigenvalue weighted by Gasteiger charge is 2.36. The Hall–Kier alpha value is -1.66. The van der Waals surface area contributed by atoms with Crippen molar-refractivity contribution >= 4 is 46.3 Å². The number of hydrogen-bond acceptors (Lipinski definition) is 5. The van der Waals surface area contributed by atoms with Crippen molar-refractivity contribution in [1.29, 1.82) is 0 Å². The van der Waals surface area contributed by atoms with Crippen molar-refractivity contribution in [1.82, 2.24) is 4.90 Å². The first-order valence-corrected chi connectivity index (χ1v) is 8.27. The quantitative estimate of drug-likeness (QED) is 0.609. The summed E-state index contributed by atoms with van der Waals surface area (Å²) in [6.45, 7) is 3.76. The second-order valence-electron chi connectivity index (χ2n) is 4.89. The maximum Gasteiger partial charge on any atom is 0.266 e. The van der Waals surface area contributed by atoms with E-state index in [0.717, 1.165) is 28.6 Å². The van der Waals surface area contributed by atoms with E-state index in [0.29, 0.717) is 4.91 Å². The Morgan fingerprint density at radius 2 is 2.00 bits per heavy atom. The van der Waals surface area contributed by atoms with E-state index in [1.807, 2.05) is 24.3 Å². The fourth-order valence-corrected chi connectivity index (χ4v) is 3.56. The monoisotopic (exact) mass is 334 g/mol. The topological polar surface area (TPSA) is 60.4 Å². The van der Waals surface area contributed by atoms with Gasteiger partial charge >= 0.3 is 0 Å². The summed E-state index contributed by atoms with van der Waals surface area (Å²) in [5, 5.41) is 11.2. The van der Waals surface area contributed by atoms with Gasteiger partial charge in [-0.1, -0.05) is 62.1 Å². The molecule has 0 saturated carbocycles. The molecular weight excluding hydrogens is 318 g/mol. The van der Waals surface area contributed by atoms with Crippen LogP contribution in [0.1, 0.15) is 31.4 Å². The minimum absolute atomic E-state index is 0.257. The zero-order chi connectivity index (χ0) is 16.3. The van der Waals surface area contributed by atoms with Crippen LogP contribution in [-0.4, -0.2) is 27.1 Å². The molecule has 2 rings (SSSR count). The summed E-state index contributed by atoms with van der Waals surface area (Å²) in [6, 6.07) is 6.86. The van der Waals surface area contributed by atoms with Crippen LogP contribution in [0.15, 0.2) is 29.2 Å². The number of carbonyl (C=O) groups is 2. The fraction of sp³-hybridized carbons (Fsp3) is 0.312. The van der Waals surface area contributed by atoms with E-state index in [1.165, 1.54) is 5.56 Å². The largest absolute Gasteiger partial charge is 0.548 e. The van der Waals surface area contributed by atoms with Crippen molar-refractivity contribution in [3.05, 3.63) is 40.3 Å². The molecular formula is C16H16NO3S2-. The van der Waals surface area contributed by atoms with Gasteiger partial charge in [0.25, 0.3) is 5.91 Å². The van der Waals surface area contributed by atoms with Crippen LogP contribution in [0.4, 0.5) is 0 Å². The molecule has 0 unspecified atom stereocenters. The summed E-state index contributed by atoms with van der Waals surface area (Å²) in [5.74, 6) is -1.65. The van der Waals surface area contributed by atoms with Gasteiger partial charge in [0.15, 0.2) is 0 Å². The van der Waals surface area contributed by atoms with E-state index >= 15 is 0 Å². The number of benzene rings is 1. The molecule has 1 saturated heterocycles. The number of carboxylic acids is 1. The Bertz CT molecular complexity index is 637. The number of aryl methyl sites for hydroxylation is 1. The number of thioether (sulfide) groups is 1. The van der Waals surface area contributed by atoms with Crippen LogP contribution in [0.25, 0.3) is 6.08 Å². The highest BCUT2D eigenvalue weighted by molar-refractivity contribution is 8.26. The normalized spacial score (nSPS) is 18.1. The van der Waals surface area contributed by atoms with E-state index < -0.39 is 12.0 Å². The molecule has 6 heteroatoms. The standard InChI is InChI=1S/C16H17NO3S2/c1-3-10-5-7-11(8-6-10)9-13-14(18)17(16(21)22-13)12(4-2)15(19)20/h5-9,12H,3-4H2,1-2H3,(H,19,20)/p-1/b13-9-/t12-/m0/s1. The van der Waals surface area contributed by atoms with Crippen molar-refractivity contribution in [3.8, 4) is 0 Å². The molecule has 1 amide bonds. The number of nitrogens with zero attached hydrogens (tertiary/aromatic N) is 1. The maximum atomic E-state index is 12.4. The molecule has 22 heavy (non-hydrogen) atoms. The first-order valence-electron chi connectivity index (χ1n) is 7.04. The average Bonchev–Trinajstić information content (AvgIpc) is 2.76. The fourth-order valence-electron chi connectivity index (χ4n) is 2.20. The Balaban J connectivity index is 2.26. The lowest BCUT2D eigenvalue weighted by molar-refractivity contribution is -0.310. The number of carbonyl (C=O) groups excluding carboxylic acids is 2. The third kappa shape index (κ3) is 3.39. The van der Waals surface area contributed by atoms with Crippen molar-refractivity contribution in [2.75, 3.05) is 0 Å². The zero-order valence-electron chi connectivity index (χ0n) is 12.4. The molecule has 0 aromatic heterocycles. The molecule has 4 nitrogen and oxygen atoms in total. The van der Waals surface area contributed by atoms with Crippen LogP contribution in [0, 0.1) is 0 Å². The number of thiocarbonyl (C=S) groups is 1. The molecule has 1 aliphatic heterocycles. The summed E-state index contributed by atoms with van der Waals surface area (Å²) in [6.07, 6.45) is 2.94. The van der Waals surface area contributed by atoms with Gasteiger partial charge in [0.1, 0.15) is 4.32 Å². The minimum Gasteiger partial charge on any atom is -0.548 e. The van der Waals surface area contributed by atoms with Crippen LogP contribution >= 0.6 is 24.0 Å². The molecule has 1 aliphatic rings. The van der Waals surface area contributed by atoms with E-state index in [9.17, 15) is 14.7 Å². The Kier molecular flexibility index (Phi) is 5.37. The van der Waals surface area contributed by atoms with Crippen molar-refractivity contribution in [2.24, 2.45) is 0 Å². The average molecular weight is 334 g/mol. The first kappa shape index (κ1) is 16.7. The van der Waals surface area contributed by atoms with Crippen molar-refractivity contribution in [2.45, 2.75) is 32.7 Å². The molecule has 1 atom stereocenters. The minimum atomic E-state index is -1.28. The lowest BCUT2D eigenvalue weighted by Gasteiger charge is -2.26. The third-order valence-corrected chi connectivity index (χ3v) is 4.81. The lowest BCUT2D eigenvalue weighted by atomic mass is 10.1. The van der Waals surface area contributed by atoms with Gasteiger partial charge < -0.3 is 9.90 Å². The van der Waals surface area contributed by atoms with Crippen LogP contribution in [0.2, 0.25) is 0 Å². The van der Waals surface area contributed by atoms with Gasteiger partial charge in [-0.3, -0.25) is 9.69 Å². The van der Waals surface area contributed by atoms with E-state index in [4.69, 9.17) is 12.2 Å². The Labute approximate surface area is 139 Å². The SMILES string of the molecule is CCc1ccc(/C=C2\SC(=S)N([C@@H](CC)C(=O)[O-])C2=O)cc1. The lowest BCUT2D eigenvalue weighted by Crippen LogP contribution is -2.49. The molecule has 0 N–H and O–H groups in total.